The SMILES string of the molecule is Cc1ccc2n(C)c(=O)cc(Nc3ccccn3)[n+]2c1. The lowest BCUT2D eigenvalue weighted by Crippen LogP contribution is -2.35. The first-order chi connectivity index (χ1) is 9.65. The van der Waals surface area contributed by atoms with Gasteiger partial charge >= 0.3 is 5.56 Å². The van der Waals surface area contributed by atoms with Crippen molar-refractivity contribution in [1.82, 2.24) is 9.55 Å². The van der Waals surface area contributed by atoms with E-state index in [1.165, 1.54) is 0 Å². The molecule has 20 heavy (non-hydrogen) atoms. The average molecular weight is 267 g/mol. The predicted octanol–water partition coefficient (Wildman–Crippen LogP) is 1.57. The van der Waals surface area contributed by atoms with Crippen molar-refractivity contribution in [3.63, 3.8) is 0 Å². The van der Waals surface area contributed by atoms with Crippen LogP contribution in [-0.2, 0) is 7.05 Å². The molecule has 100 valence electrons. The molecule has 0 amide bonds. The van der Waals surface area contributed by atoms with Crippen molar-refractivity contribution in [1.29, 1.82) is 0 Å². The summed E-state index contributed by atoms with van der Waals surface area (Å²) >= 11 is 0. The summed E-state index contributed by atoms with van der Waals surface area (Å²) in [5.41, 5.74) is 1.87. The van der Waals surface area contributed by atoms with Gasteiger partial charge in [-0.3, -0.25) is 10.1 Å². The van der Waals surface area contributed by atoms with Gasteiger partial charge in [0.25, 0.3) is 0 Å². The first-order valence-corrected chi connectivity index (χ1v) is 6.35. The maximum atomic E-state index is 12.0. The van der Waals surface area contributed by atoms with E-state index in [0.29, 0.717) is 11.6 Å². The van der Waals surface area contributed by atoms with Gasteiger partial charge in [0.2, 0.25) is 11.5 Å². The third kappa shape index (κ3) is 2.14. The van der Waals surface area contributed by atoms with Crippen LogP contribution in [-0.4, -0.2) is 9.55 Å². The van der Waals surface area contributed by atoms with Gasteiger partial charge in [-0.2, -0.15) is 0 Å². The van der Waals surface area contributed by atoms with E-state index in [9.17, 15) is 4.79 Å². The first kappa shape index (κ1) is 12.3. The fourth-order valence-electron chi connectivity index (χ4n) is 2.13. The molecule has 5 nitrogen and oxygen atoms in total. The monoisotopic (exact) mass is 267 g/mol. The van der Waals surface area contributed by atoms with Crippen LogP contribution >= 0.6 is 0 Å². The maximum absolute atomic E-state index is 12.0. The molecule has 0 atom stereocenters. The van der Waals surface area contributed by atoms with Gasteiger partial charge < -0.3 is 0 Å². The highest BCUT2D eigenvalue weighted by Gasteiger charge is 2.13. The lowest BCUT2D eigenvalue weighted by Gasteiger charge is -2.07. The van der Waals surface area contributed by atoms with Crippen molar-refractivity contribution in [2.75, 3.05) is 5.32 Å². The number of hydrogen-bond acceptors (Lipinski definition) is 3. The Balaban J connectivity index is 2.22. The maximum Gasteiger partial charge on any atom is 0.313 e. The van der Waals surface area contributed by atoms with E-state index < -0.39 is 0 Å². The lowest BCUT2D eigenvalue weighted by atomic mass is 10.3. The summed E-state index contributed by atoms with van der Waals surface area (Å²) in [5, 5.41) is 3.18. The van der Waals surface area contributed by atoms with Crippen LogP contribution < -0.4 is 15.3 Å². The molecule has 0 aliphatic heterocycles. The predicted molar refractivity (Wildman–Crippen MR) is 77.1 cm³/mol. The second-order valence-electron chi connectivity index (χ2n) is 4.70. The zero-order valence-corrected chi connectivity index (χ0v) is 11.4. The van der Waals surface area contributed by atoms with Crippen molar-refractivity contribution >= 4 is 17.3 Å². The molecule has 0 unspecified atom stereocenters. The number of anilines is 2. The fraction of sp³-hybridized carbons (Fsp3) is 0.133. The van der Waals surface area contributed by atoms with Gasteiger partial charge in [-0.05, 0) is 30.7 Å². The molecule has 3 heterocycles. The van der Waals surface area contributed by atoms with Crippen LogP contribution in [0.1, 0.15) is 5.56 Å². The number of aromatic nitrogens is 3. The van der Waals surface area contributed by atoms with Gasteiger partial charge in [0.1, 0.15) is 0 Å². The van der Waals surface area contributed by atoms with E-state index in [1.807, 2.05) is 47.9 Å². The van der Waals surface area contributed by atoms with Crippen molar-refractivity contribution in [3.05, 3.63) is 64.7 Å². The zero-order valence-electron chi connectivity index (χ0n) is 11.4. The Morgan fingerprint density at radius 1 is 1.25 bits per heavy atom. The second-order valence-corrected chi connectivity index (χ2v) is 4.70. The average Bonchev–Trinajstić information content (AvgIpc) is 2.45. The minimum absolute atomic E-state index is 0.0627. The topological polar surface area (TPSA) is 51.0 Å². The van der Waals surface area contributed by atoms with Gasteiger partial charge in [-0.25, -0.2) is 14.0 Å². The van der Waals surface area contributed by atoms with Crippen LogP contribution in [0.25, 0.3) is 5.65 Å². The molecule has 0 aliphatic carbocycles. The molecule has 0 saturated carbocycles. The zero-order chi connectivity index (χ0) is 14.1. The van der Waals surface area contributed by atoms with Crippen molar-refractivity contribution in [3.8, 4) is 0 Å². The second kappa shape index (κ2) is 4.77. The molecule has 0 bridgehead atoms. The van der Waals surface area contributed by atoms with Gasteiger partial charge in [0.15, 0.2) is 5.82 Å². The molecule has 3 aromatic heterocycles. The number of fused-ring (bicyclic) bond motifs is 1. The Labute approximate surface area is 116 Å². The van der Waals surface area contributed by atoms with E-state index in [2.05, 4.69) is 10.3 Å². The van der Waals surface area contributed by atoms with Crippen LogP contribution in [0.4, 0.5) is 11.6 Å². The first-order valence-electron chi connectivity index (χ1n) is 6.35. The van der Waals surface area contributed by atoms with E-state index in [-0.39, 0.29) is 5.56 Å². The Bertz CT molecular complexity index is 824. The quantitative estimate of drug-likeness (QED) is 0.717. The van der Waals surface area contributed by atoms with Crippen LogP contribution in [0.2, 0.25) is 0 Å². The van der Waals surface area contributed by atoms with Crippen molar-refractivity contribution < 1.29 is 4.40 Å². The van der Waals surface area contributed by atoms with E-state index in [0.717, 1.165) is 11.2 Å². The van der Waals surface area contributed by atoms with Crippen LogP contribution in [0.3, 0.4) is 0 Å². The molecule has 0 aromatic carbocycles. The summed E-state index contributed by atoms with van der Waals surface area (Å²) < 4.78 is 3.56. The van der Waals surface area contributed by atoms with Crippen LogP contribution in [0, 0.1) is 6.92 Å². The molecule has 3 rings (SSSR count). The molecule has 0 radical (unpaired) electrons. The van der Waals surface area contributed by atoms with Crippen molar-refractivity contribution in [2.45, 2.75) is 6.92 Å². The summed E-state index contributed by atoms with van der Waals surface area (Å²) in [5.74, 6) is 1.40. The molecule has 0 saturated heterocycles. The number of nitrogens with one attached hydrogen (secondary N) is 1. The van der Waals surface area contributed by atoms with Gasteiger partial charge in [-0.15, -0.1) is 0 Å². The molecule has 5 heteroatoms. The Kier molecular flexibility index (Phi) is 2.95. The van der Waals surface area contributed by atoms with E-state index >= 15 is 0 Å². The molecule has 0 fully saturated rings. The number of nitrogens with zero attached hydrogens (tertiary/aromatic N) is 3. The Morgan fingerprint density at radius 3 is 2.85 bits per heavy atom. The summed E-state index contributed by atoms with van der Waals surface area (Å²) in [6, 6.07) is 11.1. The molecular weight excluding hydrogens is 252 g/mol. The largest absolute Gasteiger partial charge is 0.313 e. The van der Waals surface area contributed by atoms with Gasteiger partial charge in [0, 0.05) is 12.3 Å². The fourth-order valence-corrected chi connectivity index (χ4v) is 2.13. The van der Waals surface area contributed by atoms with Crippen LogP contribution in [0.5, 0.6) is 0 Å². The van der Waals surface area contributed by atoms with Gasteiger partial charge in [0.05, 0.1) is 19.3 Å². The standard InChI is InChI=1S/C15H14N4O/c1-11-6-7-14-18(2)15(20)9-13(19(14)10-11)17-12-5-3-4-8-16-12/h3-10H,1-2H3/p+1. The smallest absolute Gasteiger partial charge is 0.257 e. The number of hydrogen-bond donors (Lipinski definition) is 1. The third-order valence-electron chi connectivity index (χ3n) is 3.19. The van der Waals surface area contributed by atoms with E-state index in [1.54, 1.807) is 23.9 Å². The molecule has 3 aromatic rings. The number of pyridine rings is 2. The molecular formula is C15H15N4O+. The highest BCUT2D eigenvalue weighted by Crippen LogP contribution is 2.09. The lowest BCUT2D eigenvalue weighted by molar-refractivity contribution is -0.500. The normalized spacial score (nSPS) is 10.7. The highest BCUT2D eigenvalue weighted by atomic mass is 16.1. The molecule has 0 spiro atoms. The summed E-state index contributed by atoms with van der Waals surface area (Å²) in [6.07, 6.45) is 3.70. The Morgan fingerprint density at radius 2 is 2.10 bits per heavy atom. The van der Waals surface area contributed by atoms with Crippen LogP contribution in [0.15, 0.2) is 53.6 Å². The third-order valence-corrected chi connectivity index (χ3v) is 3.19. The number of rotatable bonds is 2. The minimum Gasteiger partial charge on any atom is -0.257 e. The molecule has 1 N–H and O–H groups in total. The number of aryl methyl sites for hydroxylation is 2. The summed E-state index contributed by atoms with van der Waals surface area (Å²) in [7, 11) is 1.76. The highest BCUT2D eigenvalue weighted by molar-refractivity contribution is 5.49. The minimum atomic E-state index is -0.0627. The summed E-state index contributed by atoms with van der Waals surface area (Å²) in [4.78, 5) is 16.2. The Hall–Kier alpha value is -2.69. The molecule has 0 aliphatic rings. The van der Waals surface area contributed by atoms with Crippen molar-refractivity contribution in [2.24, 2.45) is 7.05 Å². The summed E-state index contributed by atoms with van der Waals surface area (Å²) in [6.45, 7) is 2.02. The van der Waals surface area contributed by atoms with Gasteiger partial charge in [-0.1, -0.05) is 6.07 Å². The van der Waals surface area contributed by atoms with E-state index in [4.69, 9.17) is 0 Å².